The van der Waals surface area contributed by atoms with Gasteiger partial charge in [0.15, 0.2) is 0 Å². The van der Waals surface area contributed by atoms with Gasteiger partial charge in [0, 0.05) is 13.1 Å². The van der Waals surface area contributed by atoms with Crippen molar-refractivity contribution in [3.63, 3.8) is 0 Å². The highest BCUT2D eigenvalue weighted by Crippen LogP contribution is 2.37. The van der Waals surface area contributed by atoms with E-state index in [4.69, 9.17) is 0 Å². The van der Waals surface area contributed by atoms with Gasteiger partial charge in [-0.15, -0.1) is 0 Å². The number of nitrogens with one attached hydrogen (secondary N) is 2. The second-order valence-corrected chi connectivity index (χ2v) is 7.63. The van der Waals surface area contributed by atoms with Crippen LogP contribution in [0.3, 0.4) is 0 Å². The SMILES string of the molecule is CNCc1cc(S(=O)(=O)NCC2CC2C)c(C)cc1C. The minimum atomic E-state index is -3.40. The molecule has 0 radical (unpaired) electrons. The van der Waals surface area contributed by atoms with E-state index in [9.17, 15) is 8.42 Å². The molecule has 1 aromatic carbocycles. The smallest absolute Gasteiger partial charge is 0.240 e. The van der Waals surface area contributed by atoms with E-state index in [0.717, 1.165) is 23.1 Å². The third kappa shape index (κ3) is 3.40. The molecule has 0 bridgehead atoms. The van der Waals surface area contributed by atoms with Gasteiger partial charge in [-0.25, -0.2) is 13.1 Å². The fourth-order valence-electron chi connectivity index (χ4n) is 2.52. The Morgan fingerprint density at radius 2 is 1.90 bits per heavy atom. The first kappa shape index (κ1) is 15.5. The molecule has 20 heavy (non-hydrogen) atoms. The van der Waals surface area contributed by atoms with Crippen molar-refractivity contribution in [2.75, 3.05) is 13.6 Å². The normalized spacial score (nSPS) is 22.0. The first-order valence-corrected chi connectivity index (χ1v) is 8.58. The second kappa shape index (κ2) is 5.84. The molecule has 2 atom stereocenters. The van der Waals surface area contributed by atoms with Gasteiger partial charge in [0.2, 0.25) is 10.0 Å². The minimum absolute atomic E-state index is 0.404. The number of benzene rings is 1. The van der Waals surface area contributed by atoms with Crippen LogP contribution >= 0.6 is 0 Å². The van der Waals surface area contributed by atoms with Gasteiger partial charge < -0.3 is 5.32 Å². The van der Waals surface area contributed by atoms with Crippen LogP contribution in [0.25, 0.3) is 0 Å². The van der Waals surface area contributed by atoms with Crippen molar-refractivity contribution < 1.29 is 8.42 Å². The molecule has 0 aromatic heterocycles. The van der Waals surface area contributed by atoms with E-state index >= 15 is 0 Å². The van der Waals surface area contributed by atoms with Crippen LogP contribution in [0, 0.1) is 25.7 Å². The number of sulfonamides is 1. The fourth-order valence-corrected chi connectivity index (χ4v) is 3.89. The summed E-state index contributed by atoms with van der Waals surface area (Å²) in [7, 11) is -1.54. The molecule has 1 saturated carbocycles. The van der Waals surface area contributed by atoms with Crippen LogP contribution < -0.4 is 10.0 Å². The highest BCUT2D eigenvalue weighted by molar-refractivity contribution is 7.89. The highest BCUT2D eigenvalue weighted by Gasteiger charge is 2.33. The van der Waals surface area contributed by atoms with E-state index in [2.05, 4.69) is 17.0 Å². The molecule has 2 N–H and O–H groups in total. The largest absolute Gasteiger partial charge is 0.316 e. The average molecular weight is 296 g/mol. The zero-order chi connectivity index (χ0) is 14.9. The van der Waals surface area contributed by atoms with E-state index in [1.807, 2.05) is 27.0 Å². The number of hydrogen-bond donors (Lipinski definition) is 2. The maximum absolute atomic E-state index is 12.4. The van der Waals surface area contributed by atoms with E-state index in [1.165, 1.54) is 0 Å². The van der Waals surface area contributed by atoms with Crippen molar-refractivity contribution in [1.29, 1.82) is 0 Å². The molecule has 112 valence electrons. The summed E-state index contributed by atoms with van der Waals surface area (Å²) in [6.45, 7) is 7.24. The molecule has 0 saturated heterocycles. The number of aryl methyl sites for hydroxylation is 2. The van der Waals surface area contributed by atoms with Crippen LogP contribution in [0.1, 0.15) is 30.0 Å². The van der Waals surface area contributed by atoms with Crippen molar-refractivity contribution in [3.05, 3.63) is 28.8 Å². The monoisotopic (exact) mass is 296 g/mol. The number of rotatable bonds is 6. The lowest BCUT2D eigenvalue weighted by Gasteiger charge is -2.13. The van der Waals surface area contributed by atoms with Crippen LogP contribution in [0.4, 0.5) is 0 Å². The van der Waals surface area contributed by atoms with E-state index in [0.29, 0.717) is 29.8 Å². The van der Waals surface area contributed by atoms with Crippen molar-refractivity contribution >= 4 is 10.0 Å². The average Bonchev–Trinajstić information content (AvgIpc) is 3.06. The Morgan fingerprint density at radius 1 is 1.25 bits per heavy atom. The Labute approximate surface area is 122 Å². The third-order valence-electron chi connectivity index (χ3n) is 4.10. The Balaban J connectivity index is 2.23. The molecule has 1 aliphatic rings. The van der Waals surface area contributed by atoms with Gasteiger partial charge >= 0.3 is 0 Å². The molecule has 0 spiro atoms. The molecular weight excluding hydrogens is 272 g/mol. The molecule has 4 nitrogen and oxygen atoms in total. The quantitative estimate of drug-likeness (QED) is 0.843. The van der Waals surface area contributed by atoms with E-state index in [1.54, 1.807) is 6.07 Å². The summed E-state index contributed by atoms with van der Waals surface area (Å²) < 4.78 is 27.6. The molecule has 1 aromatic rings. The zero-order valence-electron chi connectivity index (χ0n) is 12.7. The first-order valence-electron chi connectivity index (χ1n) is 7.09. The summed E-state index contributed by atoms with van der Waals surface area (Å²) in [5.41, 5.74) is 2.95. The number of hydrogen-bond acceptors (Lipinski definition) is 3. The predicted molar refractivity (Wildman–Crippen MR) is 81.1 cm³/mol. The lowest BCUT2D eigenvalue weighted by atomic mass is 10.1. The summed E-state index contributed by atoms with van der Waals surface area (Å²) in [6.07, 6.45) is 1.13. The van der Waals surface area contributed by atoms with Gasteiger partial charge in [-0.2, -0.15) is 0 Å². The van der Waals surface area contributed by atoms with Crippen LogP contribution in [0.5, 0.6) is 0 Å². The van der Waals surface area contributed by atoms with Gasteiger partial charge in [-0.05, 0) is 61.9 Å². The van der Waals surface area contributed by atoms with Crippen molar-refractivity contribution in [3.8, 4) is 0 Å². The van der Waals surface area contributed by atoms with Crippen molar-refractivity contribution in [2.24, 2.45) is 11.8 Å². The minimum Gasteiger partial charge on any atom is -0.316 e. The Hall–Kier alpha value is -0.910. The summed E-state index contributed by atoms with van der Waals surface area (Å²) >= 11 is 0. The molecule has 5 heteroatoms. The third-order valence-corrected chi connectivity index (χ3v) is 5.67. The van der Waals surface area contributed by atoms with Crippen molar-refractivity contribution in [1.82, 2.24) is 10.0 Å². The molecule has 0 amide bonds. The van der Waals surface area contributed by atoms with E-state index < -0.39 is 10.0 Å². The van der Waals surface area contributed by atoms with Gasteiger partial charge in [0.25, 0.3) is 0 Å². The summed E-state index contributed by atoms with van der Waals surface area (Å²) in [5.74, 6) is 1.16. The molecule has 1 fully saturated rings. The fraction of sp³-hybridized carbons (Fsp3) is 0.600. The highest BCUT2D eigenvalue weighted by atomic mass is 32.2. The summed E-state index contributed by atoms with van der Waals surface area (Å²) in [5, 5.41) is 3.07. The van der Waals surface area contributed by atoms with Crippen LogP contribution in [0.15, 0.2) is 17.0 Å². The van der Waals surface area contributed by atoms with Crippen LogP contribution in [0.2, 0.25) is 0 Å². The van der Waals surface area contributed by atoms with Gasteiger partial charge in [-0.1, -0.05) is 13.0 Å². The molecule has 0 heterocycles. The molecular formula is C15H24N2O2S. The standard InChI is InChI=1S/C15H24N2O2S/c1-10-5-12(3)15(7-14(10)8-16-4)20(18,19)17-9-13-6-11(13)2/h5,7,11,13,16-17H,6,8-9H2,1-4H3. The van der Waals surface area contributed by atoms with Gasteiger partial charge in [0.1, 0.15) is 0 Å². The second-order valence-electron chi connectivity index (χ2n) is 5.90. The Bertz CT molecular complexity index is 596. The molecule has 1 aliphatic carbocycles. The molecule has 2 rings (SSSR count). The summed E-state index contributed by atoms with van der Waals surface area (Å²) in [4.78, 5) is 0.404. The summed E-state index contributed by atoms with van der Waals surface area (Å²) in [6, 6.07) is 3.74. The van der Waals surface area contributed by atoms with E-state index in [-0.39, 0.29) is 0 Å². The first-order chi connectivity index (χ1) is 9.35. The Kier molecular flexibility index (Phi) is 4.52. The molecule has 0 aliphatic heterocycles. The maximum Gasteiger partial charge on any atom is 0.240 e. The van der Waals surface area contributed by atoms with Gasteiger partial charge in [0.05, 0.1) is 4.90 Å². The lowest BCUT2D eigenvalue weighted by molar-refractivity contribution is 0.573. The van der Waals surface area contributed by atoms with Gasteiger partial charge in [-0.3, -0.25) is 0 Å². The van der Waals surface area contributed by atoms with Crippen molar-refractivity contribution in [2.45, 2.75) is 38.6 Å². The maximum atomic E-state index is 12.4. The predicted octanol–water partition coefficient (Wildman–Crippen LogP) is 1.96. The topological polar surface area (TPSA) is 58.2 Å². The lowest BCUT2D eigenvalue weighted by Crippen LogP contribution is -2.27. The Morgan fingerprint density at radius 3 is 2.45 bits per heavy atom. The van der Waals surface area contributed by atoms with Crippen LogP contribution in [-0.2, 0) is 16.6 Å². The zero-order valence-corrected chi connectivity index (χ0v) is 13.5. The van der Waals surface area contributed by atoms with Crippen LogP contribution in [-0.4, -0.2) is 22.0 Å². The molecule has 2 unspecified atom stereocenters.